The molecule has 0 aliphatic rings. The molecule has 0 aromatic carbocycles. The Balaban J connectivity index is 2.04. The largest absolute Gasteiger partial charge is 0.431 e. The molecule has 96 valence electrons. The van der Waals surface area contributed by atoms with Gasteiger partial charge in [0.25, 0.3) is 4.96 Å². The third-order valence-corrected chi connectivity index (χ3v) is 3.69. The maximum atomic E-state index is 11.1. The Morgan fingerprint density at radius 2 is 2.32 bits per heavy atom. The van der Waals surface area contributed by atoms with Gasteiger partial charge < -0.3 is 14.9 Å². The summed E-state index contributed by atoms with van der Waals surface area (Å²) in [5.41, 5.74) is 0. The van der Waals surface area contributed by atoms with Gasteiger partial charge in [0.2, 0.25) is 0 Å². The van der Waals surface area contributed by atoms with Crippen LogP contribution in [0.2, 0.25) is 0 Å². The van der Waals surface area contributed by atoms with Gasteiger partial charge in [0.1, 0.15) is 15.6 Å². The van der Waals surface area contributed by atoms with Crippen LogP contribution in [0.3, 0.4) is 0 Å². The minimum absolute atomic E-state index is 0.0279. The highest BCUT2D eigenvalue weighted by atomic mass is 127. The fraction of sp³-hybridized carbons (Fsp3) is 0. The number of nitrogens with zero attached hydrogens (tertiary/aromatic N) is 4. The van der Waals surface area contributed by atoms with Crippen molar-refractivity contribution < 1.29 is 9.66 Å². The van der Waals surface area contributed by atoms with Crippen LogP contribution < -0.4 is 4.74 Å². The van der Waals surface area contributed by atoms with Crippen LogP contribution in [-0.4, -0.2) is 19.3 Å². The predicted octanol–water partition coefficient (Wildman–Crippen LogP) is 3.10. The van der Waals surface area contributed by atoms with Crippen molar-refractivity contribution in [1.29, 1.82) is 0 Å². The average molecular weight is 388 g/mol. The molecule has 3 rings (SSSR count). The van der Waals surface area contributed by atoms with E-state index < -0.39 is 4.92 Å². The molecule has 0 saturated heterocycles. The Bertz CT molecular complexity index is 752. The summed E-state index contributed by atoms with van der Waals surface area (Å²) in [6.07, 6.45) is 3.09. The van der Waals surface area contributed by atoms with Crippen LogP contribution in [-0.2, 0) is 0 Å². The molecule has 0 amide bonds. The Labute approximate surface area is 124 Å². The number of halogens is 1. The number of nitro groups is 1. The van der Waals surface area contributed by atoms with E-state index in [-0.39, 0.29) is 11.7 Å². The number of ether oxygens (including phenoxy) is 1. The van der Waals surface area contributed by atoms with Gasteiger partial charge in [-0.25, -0.2) is 4.98 Å². The van der Waals surface area contributed by atoms with E-state index in [1.54, 1.807) is 23.7 Å². The second kappa shape index (κ2) is 4.74. The smallest absolute Gasteiger partial charge is 0.393 e. The zero-order valence-electron chi connectivity index (χ0n) is 9.19. The van der Waals surface area contributed by atoms with Crippen molar-refractivity contribution in [3.05, 3.63) is 43.7 Å². The first kappa shape index (κ1) is 12.3. The van der Waals surface area contributed by atoms with Crippen molar-refractivity contribution in [2.24, 2.45) is 0 Å². The molecule has 7 nitrogen and oxygen atoms in total. The zero-order chi connectivity index (χ0) is 13.4. The highest BCUT2D eigenvalue weighted by Crippen LogP contribution is 2.33. The number of aromatic nitrogens is 3. The minimum atomic E-state index is -0.512. The maximum Gasteiger partial charge on any atom is 0.393 e. The molecule has 0 bridgehead atoms. The highest BCUT2D eigenvalue weighted by Gasteiger charge is 2.25. The first-order valence-electron chi connectivity index (χ1n) is 5.04. The third kappa shape index (κ3) is 2.26. The molecule has 0 aliphatic carbocycles. The lowest BCUT2D eigenvalue weighted by molar-refractivity contribution is -0.391. The molecule has 3 aromatic heterocycles. The molecule has 0 unspecified atom stereocenters. The van der Waals surface area contributed by atoms with Crippen LogP contribution in [0.15, 0.2) is 29.9 Å². The number of imidazole rings is 1. The lowest BCUT2D eigenvalue weighted by Crippen LogP contribution is -1.95. The van der Waals surface area contributed by atoms with Gasteiger partial charge in [-0.3, -0.25) is 0 Å². The number of pyridine rings is 1. The van der Waals surface area contributed by atoms with Crippen LogP contribution >= 0.6 is 33.9 Å². The lowest BCUT2D eigenvalue weighted by Gasteiger charge is -2.01. The van der Waals surface area contributed by atoms with E-state index >= 15 is 0 Å². The number of rotatable bonds is 3. The second-order valence-electron chi connectivity index (χ2n) is 3.47. The van der Waals surface area contributed by atoms with Gasteiger partial charge in [-0.1, -0.05) is 11.3 Å². The van der Waals surface area contributed by atoms with Gasteiger partial charge in [-0.2, -0.15) is 9.38 Å². The topological polar surface area (TPSA) is 82.6 Å². The predicted molar refractivity (Wildman–Crippen MR) is 76.8 cm³/mol. The number of hydrogen-bond donors (Lipinski definition) is 0. The second-order valence-corrected chi connectivity index (χ2v) is 5.45. The molecule has 19 heavy (non-hydrogen) atoms. The molecule has 0 aliphatic heterocycles. The molecule has 0 atom stereocenters. The number of fused-ring (bicyclic) bond motifs is 1. The maximum absolute atomic E-state index is 11.1. The van der Waals surface area contributed by atoms with Crippen LogP contribution in [0.25, 0.3) is 4.96 Å². The first-order chi connectivity index (χ1) is 9.15. The van der Waals surface area contributed by atoms with Crippen LogP contribution in [0.4, 0.5) is 5.82 Å². The van der Waals surface area contributed by atoms with E-state index in [0.29, 0.717) is 10.7 Å². The van der Waals surface area contributed by atoms with Crippen molar-refractivity contribution in [3.8, 4) is 11.6 Å². The molecule has 0 radical (unpaired) electrons. The van der Waals surface area contributed by atoms with E-state index in [2.05, 4.69) is 32.6 Å². The van der Waals surface area contributed by atoms with Crippen molar-refractivity contribution in [2.45, 2.75) is 0 Å². The fourth-order valence-electron chi connectivity index (χ4n) is 1.52. The zero-order valence-corrected chi connectivity index (χ0v) is 12.2. The normalized spacial score (nSPS) is 10.8. The molecular formula is C10H5IN4O3S. The summed E-state index contributed by atoms with van der Waals surface area (Å²) in [5.74, 6) is 0.198. The lowest BCUT2D eigenvalue weighted by atomic mass is 10.5. The minimum Gasteiger partial charge on any atom is -0.431 e. The van der Waals surface area contributed by atoms with Gasteiger partial charge >= 0.3 is 11.7 Å². The Kier molecular flexibility index (Phi) is 3.06. The van der Waals surface area contributed by atoms with E-state index in [9.17, 15) is 10.1 Å². The fourth-order valence-corrected chi connectivity index (χ4v) is 2.54. The average Bonchev–Trinajstić information content (AvgIpc) is 2.91. The molecule has 0 saturated carbocycles. The molecule has 0 spiro atoms. The quantitative estimate of drug-likeness (QED) is 0.298. The van der Waals surface area contributed by atoms with Crippen molar-refractivity contribution in [1.82, 2.24) is 14.4 Å². The van der Waals surface area contributed by atoms with Gasteiger partial charge in [-0.05, 0) is 39.6 Å². The number of thiazole rings is 1. The van der Waals surface area contributed by atoms with E-state index in [0.717, 1.165) is 3.70 Å². The first-order valence-corrected chi connectivity index (χ1v) is 7.00. The summed E-state index contributed by atoms with van der Waals surface area (Å²) < 4.78 is 7.64. The standard InChI is InChI=1S/C10H5IN4O3S/c11-7-2-1-6(5-12-7)18-8-9(15(16)17)14-3-4-19-10(14)13-8/h1-5H. The SMILES string of the molecule is O=[N+]([O-])c1c(Oc2ccc(I)nc2)nc2sccn12. The van der Waals surface area contributed by atoms with Crippen LogP contribution in [0, 0.1) is 13.8 Å². The Morgan fingerprint density at radius 1 is 1.47 bits per heavy atom. The summed E-state index contributed by atoms with van der Waals surface area (Å²) >= 11 is 3.37. The van der Waals surface area contributed by atoms with Gasteiger partial charge in [-0.15, -0.1) is 0 Å². The summed E-state index contributed by atoms with van der Waals surface area (Å²) in [6, 6.07) is 3.44. The molecule has 3 aromatic rings. The molecular weight excluding hydrogens is 383 g/mol. The Morgan fingerprint density at radius 3 is 3.00 bits per heavy atom. The number of hydrogen-bond acceptors (Lipinski definition) is 6. The molecule has 0 N–H and O–H groups in total. The summed E-state index contributed by atoms with van der Waals surface area (Å²) in [7, 11) is 0. The van der Waals surface area contributed by atoms with Gasteiger partial charge in [0.05, 0.1) is 6.20 Å². The highest BCUT2D eigenvalue weighted by molar-refractivity contribution is 14.1. The van der Waals surface area contributed by atoms with Crippen LogP contribution in [0.1, 0.15) is 0 Å². The van der Waals surface area contributed by atoms with E-state index in [1.165, 1.54) is 21.9 Å². The Hall–Kier alpha value is -1.75. The van der Waals surface area contributed by atoms with E-state index in [1.807, 2.05) is 0 Å². The van der Waals surface area contributed by atoms with Crippen molar-refractivity contribution >= 4 is 44.7 Å². The van der Waals surface area contributed by atoms with Crippen LogP contribution in [0.5, 0.6) is 11.6 Å². The van der Waals surface area contributed by atoms with Gasteiger partial charge in [0, 0.05) is 5.38 Å². The van der Waals surface area contributed by atoms with Gasteiger partial charge in [0.15, 0.2) is 0 Å². The van der Waals surface area contributed by atoms with E-state index in [4.69, 9.17) is 4.74 Å². The monoisotopic (exact) mass is 388 g/mol. The summed E-state index contributed by atoms with van der Waals surface area (Å²) in [4.78, 5) is 19.2. The summed E-state index contributed by atoms with van der Waals surface area (Å²) in [5, 5.41) is 12.8. The molecule has 9 heteroatoms. The van der Waals surface area contributed by atoms with Crippen molar-refractivity contribution in [2.75, 3.05) is 0 Å². The third-order valence-electron chi connectivity index (χ3n) is 2.29. The molecule has 0 fully saturated rings. The molecule has 3 heterocycles. The van der Waals surface area contributed by atoms with Crippen molar-refractivity contribution in [3.63, 3.8) is 0 Å². The summed E-state index contributed by atoms with van der Waals surface area (Å²) in [6.45, 7) is 0.